The zero-order valence-corrected chi connectivity index (χ0v) is 9.51. The Hall–Kier alpha value is -1.09. The molecule has 1 atom stereocenters. The Labute approximate surface area is 90.4 Å². The predicted molar refractivity (Wildman–Crippen MR) is 59.8 cm³/mol. The molecule has 1 N–H and O–H groups in total. The van der Waals surface area contributed by atoms with E-state index in [0.29, 0.717) is 18.2 Å². The van der Waals surface area contributed by atoms with Crippen molar-refractivity contribution in [2.45, 2.75) is 26.3 Å². The minimum atomic E-state index is -0.192. The maximum Gasteiger partial charge on any atom is 0.126 e. The predicted octanol–water partition coefficient (Wildman–Crippen LogP) is 2.51. The molecule has 1 rings (SSSR count). The standard InChI is InChI=1S/C12H18FNO/c1-4-10(14-3)8-15-11-5-6-12(13)9(2)7-11/h5-7,10,14H,4,8H2,1-3H3. The average molecular weight is 211 g/mol. The summed E-state index contributed by atoms with van der Waals surface area (Å²) in [6.07, 6.45) is 1.01. The summed E-state index contributed by atoms with van der Waals surface area (Å²) < 4.78 is 18.5. The van der Waals surface area contributed by atoms with Gasteiger partial charge in [0.2, 0.25) is 0 Å². The average Bonchev–Trinajstić information content (AvgIpc) is 2.24. The first kappa shape index (κ1) is 12.0. The molecule has 1 aromatic carbocycles. The summed E-state index contributed by atoms with van der Waals surface area (Å²) in [7, 11) is 1.91. The Balaban J connectivity index is 2.54. The Morgan fingerprint density at radius 3 is 2.73 bits per heavy atom. The van der Waals surface area contributed by atoms with Gasteiger partial charge in [-0.25, -0.2) is 4.39 Å². The van der Waals surface area contributed by atoms with E-state index in [9.17, 15) is 4.39 Å². The third-order valence-electron chi connectivity index (χ3n) is 2.48. The van der Waals surface area contributed by atoms with Crippen LogP contribution in [0.25, 0.3) is 0 Å². The van der Waals surface area contributed by atoms with Crippen LogP contribution in [0.1, 0.15) is 18.9 Å². The van der Waals surface area contributed by atoms with Gasteiger partial charge in [0.1, 0.15) is 18.2 Å². The van der Waals surface area contributed by atoms with Gasteiger partial charge in [0.15, 0.2) is 0 Å². The first-order valence-electron chi connectivity index (χ1n) is 5.23. The Bertz CT molecular complexity index is 310. The fraction of sp³-hybridized carbons (Fsp3) is 0.500. The lowest BCUT2D eigenvalue weighted by molar-refractivity contribution is 0.267. The van der Waals surface area contributed by atoms with E-state index in [1.54, 1.807) is 19.1 Å². The number of benzene rings is 1. The molecule has 0 fully saturated rings. The smallest absolute Gasteiger partial charge is 0.126 e. The molecule has 0 aromatic heterocycles. The van der Waals surface area contributed by atoms with Crippen molar-refractivity contribution in [2.75, 3.05) is 13.7 Å². The zero-order valence-electron chi connectivity index (χ0n) is 9.51. The van der Waals surface area contributed by atoms with Crippen LogP contribution in [-0.4, -0.2) is 19.7 Å². The van der Waals surface area contributed by atoms with Crippen molar-refractivity contribution < 1.29 is 9.13 Å². The quantitative estimate of drug-likeness (QED) is 0.808. The van der Waals surface area contributed by atoms with E-state index >= 15 is 0 Å². The first-order valence-corrected chi connectivity index (χ1v) is 5.23. The van der Waals surface area contributed by atoms with Crippen molar-refractivity contribution in [1.29, 1.82) is 0 Å². The molecule has 0 amide bonds. The van der Waals surface area contributed by atoms with Gasteiger partial charge in [-0.2, -0.15) is 0 Å². The molecule has 0 aliphatic rings. The summed E-state index contributed by atoms with van der Waals surface area (Å²) in [4.78, 5) is 0. The van der Waals surface area contributed by atoms with Gasteiger partial charge in [-0.05, 0) is 44.2 Å². The molecule has 0 aliphatic carbocycles. The number of rotatable bonds is 5. The number of nitrogens with one attached hydrogen (secondary N) is 1. The second-order valence-corrected chi connectivity index (χ2v) is 3.62. The maximum atomic E-state index is 13.0. The van der Waals surface area contributed by atoms with Crippen LogP contribution in [0.2, 0.25) is 0 Å². The fourth-order valence-electron chi connectivity index (χ4n) is 1.31. The number of halogens is 1. The normalized spacial score (nSPS) is 12.5. The summed E-state index contributed by atoms with van der Waals surface area (Å²) in [6.45, 7) is 4.44. The number of hydrogen-bond donors (Lipinski definition) is 1. The minimum absolute atomic E-state index is 0.192. The van der Waals surface area contributed by atoms with Crippen molar-refractivity contribution in [1.82, 2.24) is 5.32 Å². The van der Waals surface area contributed by atoms with E-state index in [4.69, 9.17) is 4.74 Å². The van der Waals surface area contributed by atoms with Crippen LogP contribution in [0, 0.1) is 12.7 Å². The van der Waals surface area contributed by atoms with Crippen molar-refractivity contribution in [3.63, 3.8) is 0 Å². The van der Waals surface area contributed by atoms with E-state index in [0.717, 1.165) is 12.2 Å². The molecular weight excluding hydrogens is 193 g/mol. The molecule has 2 nitrogen and oxygen atoms in total. The van der Waals surface area contributed by atoms with Crippen LogP contribution in [0.4, 0.5) is 4.39 Å². The molecule has 84 valence electrons. The van der Waals surface area contributed by atoms with Crippen molar-refractivity contribution >= 4 is 0 Å². The molecule has 0 bridgehead atoms. The molecule has 0 heterocycles. The van der Waals surface area contributed by atoms with Crippen LogP contribution < -0.4 is 10.1 Å². The van der Waals surface area contributed by atoms with Crippen molar-refractivity contribution in [3.05, 3.63) is 29.6 Å². The van der Waals surface area contributed by atoms with E-state index in [1.165, 1.54) is 6.07 Å². The second kappa shape index (κ2) is 5.71. The SMILES string of the molecule is CCC(COc1ccc(F)c(C)c1)NC. The van der Waals surface area contributed by atoms with Crippen LogP contribution in [-0.2, 0) is 0 Å². The Morgan fingerprint density at radius 1 is 1.47 bits per heavy atom. The highest BCUT2D eigenvalue weighted by atomic mass is 19.1. The number of aryl methyl sites for hydroxylation is 1. The third-order valence-corrected chi connectivity index (χ3v) is 2.48. The van der Waals surface area contributed by atoms with Gasteiger partial charge in [0.05, 0.1) is 0 Å². The maximum absolute atomic E-state index is 13.0. The van der Waals surface area contributed by atoms with Gasteiger partial charge < -0.3 is 10.1 Å². The Kier molecular flexibility index (Phi) is 4.56. The molecule has 0 aliphatic heterocycles. The third kappa shape index (κ3) is 3.51. The van der Waals surface area contributed by atoms with Gasteiger partial charge in [0.25, 0.3) is 0 Å². The van der Waals surface area contributed by atoms with Gasteiger partial charge in [0, 0.05) is 6.04 Å². The summed E-state index contributed by atoms with van der Waals surface area (Å²) >= 11 is 0. The molecule has 0 spiro atoms. The second-order valence-electron chi connectivity index (χ2n) is 3.62. The Morgan fingerprint density at radius 2 is 2.20 bits per heavy atom. The first-order chi connectivity index (χ1) is 7.17. The molecular formula is C12H18FNO. The molecule has 15 heavy (non-hydrogen) atoms. The van der Waals surface area contributed by atoms with Crippen LogP contribution in [0.15, 0.2) is 18.2 Å². The molecule has 0 saturated heterocycles. The van der Waals surface area contributed by atoms with Crippen LogP contribution in [0.5, 0.6) is 5.75 Å². The van der Waals surface area contributed by atoms with Crippen molar-refractivity contribution in [2.24, 2.45) is 0 Å². The lowest BCUT2D eigenvalue weighted by Crippen LogP contribution is -2.30. The molecule has 1 unspecified atom stereocenters. The highest BCUT2D eigenvalue weighted by Crippen LogP contribution is 2.16. The zero-order chi connectivity index (χ0) is 11.3. The van der Waals surface area contributed by atoms with Gasteiger partial charge in [-0.15, -0.1) is 0 Å². The molecule has 3 heteroatoms. The molecule has 0 saturated carbocycles. The summed E-state index contributed by atoms with van der Waals surface area (Å²) in [5.41, 5.74) is 0.616. The van der Waals surface area contributed by atoms with E-state index in [-0.39, 0.29) is 5.82 Å². The highest BCUT2D eigenvalue weighted by Gasteiger charge is 2.04. The van der Waals surface area contributed by atoms with Crippen LogP contribution >= 0.6 is 0 Å². The largest absolute Gasteiger partial charge is 0.492 e. The van der Waals surface area contributed by atoms with E-state index < -0.39 is 0 Å². The van der Waals surface area contributed by atoms with Gasteiger partial charge >= 0.3 is 0 Å². The van der Waals surface area contributed by atoms with E-state index in [1.807, 2.05) is 7.05 Å². The minimum Gasteiger partial charge on any atom is -0.492 e. The number of hydrogen-bond acceptors (Lipinski definition) is 2. The monoisotopic (exact) mass is 211 g/mol. The summed E-state index contributed by atoms with van der Waals surface area (Å²) in [5.74, 6) is 0.533. The van der Waals surface area contributed by atoms with Gasteiger partial charge in [-0.3, -0.25) is 0 Å². The van der Waals surface area contributed by atoms with Crippen molar-refractivity contribution in [3.8, 4) is 5.75 Å². The molecule has 0 radical (unpaired) electrons. The summed E-state index contributed by atoms with van der Waals surface area (Å²) in [5, 5.41) is 3.15. The van der Waals surface area contributed by atoms with Crippen LogP contribution in [0.3, 0.4) is 0 Å². The topological polar surface area (TPSA) is 21.3 Å². The fourth-order valence-corrected chi connectivity index (χ4v) is 1.31. The lowest BCUT2D eigenvalue weighted by atomic mass is 10.2. The van der Waals surface area contributed by atoms with E-state index in [2.05, 4.69) is 12.2 Å². The number of likely N-dealkylation sites (N-methyl/N-ethyl adjacent to an activating group) is 1. The number of ether oxygens (including phenoxy) is 1. The lowest BCUT2D eigenvalue weighted by Gasteiger charge is -2.15. The summed E-state index contributed by atoms with van der Waals surface area (Å²) in [6, 6.07) is 5.16. The highest BCUT2D eigenvalue weighted by molar-refractivity contribution is 5.28. The molecule has 1 aromatic rings. The van der Waals surface area contributed by atoms with Gasteiger partial charge in [-0.1, -0.05) is 6.92 Å².